The minimum absolute atomic E-state index is 0.193. The van der Waals surface area contributed by atoms with Gasteiger partial charge in [-0.05, 0) is 33.0 Å². The maximum Gasteiger partial charge on any atom is 0.287 e. The number of amides is 1. The molecule has 5 nitrogen and oxygen atoms in total. The maximum absolute atomic E-state index is 11.7. The normalized spacial score (nSPS) is 11.2. The molecule has 3 N–H and O–H groups in total. The molecule has 0 unspecified atom stereocenters. The van der Waals surface area contributed by atoms with Gasteiger partial charge in [0.25, 0.3) is 5.91 Å². The third kappa shape index (κ3) is 4.20. The fourth-order valence-electron chi connectivity index (χ4n) is 1.30. The summed E-state index contributed by atoms with van der Waals surface area (Å²) < 4.78 is 5.25. The molecule has 0 atom stereocenters. The molecule has 0 spiro atoms. The van der Waals surface area contributed by atoms with Gasteiger partial charge in [0.1, 0.15) is 5.76 Å². The van der Waals surface area contributed by atoms with Gasteiger partial charge in [-0.2, -0.15) is 0 Å². The lowest BCUT2D eigenvalue weighted by Crippen LogP contribution is -2.36. The number of nitrogens with zero attached hydrogens (tertiary/aromatic N) is 1. The maximum atomic E-state index is 11.7. The summed E-state index contributed by atoms with van der Waals surface area (Å²) in [5.74, 6) is 0.744. The van der Waals surface area contributed by atoms with Gasteiger partial charge in [0.05, 0.1) is 6.54 Å². The predicted octanol–water partition coefficient (Wildman–Crippen LogP) is 0.808. The highest BCUT2D eigenvalue weighted by Crippen LogP contribution is 2.06. The summed E-state index contributed by atoms with van der Waals surface area (Å²) in [7, 11) is 2.02. The quantitative estimate of drug-likeness (QED) is 0.770. The van der Waals surface area contributed by atoms with Crippen molar-refractivity contribution in [2.75, 3.05) is 20.1 Å². The van der Waals surface area contributed by atoms with Crippen LogP contribution in [0.2, 0.25) is 0 Å². The first-order chi connectivity index (χ1) is 8.04. The van der Waals surface area contributed by atoms with Gasteiger partial charge in [0.15, 0.2) is 5.76 Å². The molecule has 0 saturated heterocycles. The van der Waals surface area contributed by atoms with Crippen molar-refractivity contribution in [2.24, 2.45) is 5.73 Å². The fourth-order valence-corrected chi connectivity index (χ4v) is 1.30. The molecule has 0 aliphatic rings. The molecule has 1 aromatic heterocycles. The van der Waals surface area contributed by atoms with E-state index in [0.717, 1.165) is 6.54 Å². The van der Waals surface area contributed by atoms with E-state index in [0.29, 0.717) is 30.7 Å². The minimum Gasteiger partial charge on any atom is -0.455 e. The third-order valence-corrected chi connectivity index (χ3v) is 2.72. The van der Waals surface area contributed by atoms with E-state index < -0.39 is 0 Å². The van der Waals surface area contributed by atoms with Crippen LogP contribution in [-0.2, 0) is 6.54 Å². The Bertz CT molecular complexity index is 360. The van der Waals surface area contributed by atoms with Crippen LogP contribution < -0.4 is 11.1 Å². The lowest BCUT2D eigenvalue weighted by molar-refractivity contribution is 0.0918. The van der Waals surface area contributed by atoms with Crippen LogP contribution in [0, 0.1) is 0 Å². The number of carbonyl (C=O) groups excluding carboxylic acids is 1. The molecule has 5 heteroatoms. The van der Waals surface area contributed by atoms with Crippen molar-refractivity contribution >= 4 is 5.91 Å². The first-order valence-electron chi connectivity index (χ1n) is 5.81. The Labute approximate surface area is 102 Å². The van der Waals surface area contributed by atoms with Crippen LogP contribution in [0.3, 0.4) is 0 Å². The first kappa shape index (κ1) is 13.7. The van der Waals surface area contributed by atoms with Gasteiger partial charge in [-0.3, -0.25) is 4.79 Å². The van der Waals surface area contributed by atoms with Crippen molar-refractivity contribution in [3.8, 4) is 0 Å². The standard InChI is InChI=1S/C12H21N3O2/c1-9(2)15(3)7-6-14-12(16)11-5-4-10(8-13)17-11/h4-5,9H,6-8,13H2,1-3H3,(H,14,16). The van der Waals surface area contributed by atoms with E-state index in [1.807, 2.05) is 7.05 Å². The highest BCUT2D eigenvalue weighted by molar-refractivity contribution is 5.91. The molecule has 0 aliphatic carbocycles. The minimum atomic E-state index is -0.193. The van der Waals surface area contributed by atoms with Crippen LogP contribution in [0.5, 0.6) is 0 Å². The zero-order valence-corrected chi connectivity index (χ0v) is 10.7. The van der Waals surface area contributed by atoms with Gasteiger partial charge in [0, 0.05) is 19.1 Å². The third-order valence-electron chi connectivity index (χ3n) is 2.72. The van der Waals surface area contributed by atoms with Gasteiger partial charge in [0.2, 0.25) is 0 Å². The SMILES string of the molecule is CC(C)N(C)CCNC(=O)c1ccc(CN)o1. The van der Waals surface area contributed by atoms with Crippen molar-refractivity contribution in [1.29, 1.82) is 0 Å². The van der Waals surface area contributed by atoms with E-state index in [-0.39, 0.29) is 5.91 Å². The summed E-state index contributed by atoms with van der Waals surface area (Å²) in [4.78, 5) is 13.8. The number of hydrogen-bond acceptors (Lipinski definition) is 4. The summed E-state index contributed by atoms with van der Waals surface area (Å²) >= 11 is 0. The van der Waals surface area contributed by atoms with Crippen LogP contribution >= 0.6 is 0 Å². The highest BCUT2D eigenvalue weighted by atomic mass is 16.4. The van der Waals surface area contributed by atoms with Crippen LogP contribution in [0.15, 0.2) is 16.5 Å². The molecule has 1 amide bonds. The average molecular weight is 239 g/mol. The van der Waals surface area contributed by atoms with Crippen molar-refractivity contribution in [3.63, 3.8) is 0 Å². The number of nitrogens with one attached hydrogen (secondary N) is 1. The molecule has 1 aromatic rings. The molecular formula is C12H21N3O2. The van der Waals surface area contributed by atoms with Gasteiger partial charge in [-0.25, -0.2) is 0 Å². The molecule has 0 radical (unpaired) electrons. The molecule has 0 fully saturated rings. The molecule has 1 rings (SSSR count). The van der Waals surface area contributed by atoms with Crippen LogP contribution in [-0.4, -0.2) is 37.0 Å². The lowest BCUT2D eigenvalue weighted by Gasteiger charge is -2.20. The summed E-state index contributed by atoms with van der Waals surface area (Å²) in [6.45, 7) is 5.95. The van der Waals surface area contributed by atoms with E-state index in [4.69, 9.17) is 10.2 Å². The van der Waals surface area contributed by atoms with E-state index in [1.54, 1.807) is 12.1 Å². The average Bonchev–Trinajstić information content (AvgIpc) is 2.77. The molecule has 0 aliphatic heterocycles. The van der Waals surface area contributed by atoms with Gasteiger partial charge >= 0.3 is 0 Å². The van der Waals surface area contributed by atoms with E-state index in [2.05, 4.69) is 24.1 Å². The second-order valence-electron chi connectivity index (χ2n) is 4.30. The molecule has 0 saturated carbocycles. The molecule has 0 aromatic carbocycles. The van der Waals surface area contributed by atoms with Crippen LogP contribution in [0.4, 0.5) is 0 Å². The zero-order valence-electron chi connectivity index (χ0n) is 10.7. The predicted molar refractivity (Wildman–Crippen MR) is 66.7 cm³/mol. The smallest absolute Gasteiger partial charge is 0.287 e. The van der Waals surface area contributed by atoms with Gasteiger partial charge < -0.3 is 20.4 Å². The summed E-state index contributed by atoms with van der Waals surface area (Å²) in [6, 6.07) is 3.83. The Hall–Kier alpha value is -1.33. The topological polar surface area (TPSA) is 71.5 Å². The van der Waals surface area contributed by atoms with Crippen molar-refractivity contribution < 1.29 is 9.21 Å². The molecule has 0 bridgehead atoms. The number of carbonyl (C=O) groups is 1. The Kier molecular flexibility index (Phi) is 5.18. The van der Waals surface area contributed by atoms with Crippen molar-refractivity contribution in [3.05, 3.63) is 23.7 Å². The van der Waals surface area contributed by atoms with Gasteiger partial charge in [-0.15, -0.1) is 0 Å². The van der Waals surface area contributed by atoms with Crippen molar-refractivity contribution in [1.82, 2.24) is 10.2 Å². The second kappa shape index (κ2) is 6.42. The molecule has 1 heterocycles. The zero-order chi connectivity index (χ0) is 12.8. The van der Waals surface area contributed by atoms with Gasteiger partial charge in [-0.1, -0.05) is 0 Å². The lowest BCUT2D eigenvalue weighted by atomic mass is 10.3. The van der Waals surface area contributed by atoms with E-state index in [1.165, 1.54) is 0 Å². The number of rotatable bonds is 6. The second-order valence-corrected chi connectivity index (χ2v) is 4.30. The highest BCUT2D eigenvalue weighted by Gasteiger charge is 2.10. The summed E-state index contributed by atoms with van der Waals surface area (Å²) in [5.41, 5.74) is 5.40. The Morgan fingerprint density at radius 3 is 2.76 bits per heavy atom. The largest absolute Gasteiger partial charge is 0.455 e. The van der Waals surface area contributed by atoms with E-state index >= 15 is 0 Å². The van der Waals surface area contributed by atoms with E-state index in [9.17, 15) is 4.79 Å². The summed E-state index contributed by atoms with van der Waals surface area (Å²) in [6.07, 6.45) is 0. The van der Waals surface area contributed by atoms with Crippen LogP contribution in [0.1, 0.15) is 30.2 Å². The molecule has 96 valence electrons. The number of likely N-dealkylation sites (N-methyl/N-ethyl adjacent to an activating group) is 1. The fraction of sp³-hybridized carbons (Fsp3) is 0.583. The number of hydrogen-bond donors (Lipinski definition) is 2. The summed E-state index contributed by atoms with van der Waals surface area (Å²) in [5, 5.41) is 2.81. The molecule has 17 heavy (non-hydrogen) atoms. The molecular weight excluding hydrogens is 218 g/mol. The first-order valence-corrected chi connectivity index (χ1v) is 5.81. The number of furan rings is 1. The van der Waals surface area contributed by atoms with Crippen LogP contribution in [0.25, 0.3) is 0 Å². The van der Waals surface area contributed by atoms with Crippen molar-refractivity contribution in [2.45, 2.75) is 26.4 Å². The monoisotopic (exact) mass is 239 g/mol. The Morgan fingerprint density at radius 1 is 1.53 bits per heavy atom. The Morgan fingerprint density at radius 2 is 2.24 bits per heavy atom. The number of nitrogens with two attached hydrogens (primary N) is 1. The Balaban J connectivity index is 2.35.